The van der Waals surface area contributed by atoms with Gasteiger partial charge in [0.05, 0.1) is 5.56 Å². The lowest BCUT2D eigenvalue weighted by atomic mass is 9.89. The molecule has 1 aromatic carbocycles. The van der Waals surface area contributed by atoms with Gasteiger partial charge in [0.2, 0.25) is 0 Å². The van der Waals surface area contributed by atoms with Gasteiger partial charge in [-0.1, -0.05) is 17.7 Å². The maximum Gasteiger partial charge on any atom is 0.416 e. The molecule has 0 unspecified atom stereocenters. The minimum absolute atomic E-state index is 0.136. The zero-order valence-corrected chi connectivity index (χ0v) is 10.6. The first-order valence-corrected chi connectivity index (χ1v) is 6.41. The van der Waals surface area contributed by atoms with Crippen LogP contribution in [0.4, 0.5) is 13.2 Å². The highest BCUT2D eigenvalue weighted by Gasteiger charge is 2.34. The molecule has 1 nitrogen and oxygen atoms in total. The molecule has 0 aliphatic carbocycles. The second kappa shape index (κ2) is 5.49. The quantitative estimate of drug-likeness (QED) is 0.864. The van der Waals surface area contributed by atoms with Crippen molar-refractivity contribution in [1.29, 1.82) is 0 Å². The first-order chi connectivity index (χ1) is 8.47. The molecule has 100 valence electrons. The van der Waals surface area contributed by atoms with E-state index in [2.05, 4.69) is 5.32 Å². The average molecular weight is 278 g/mol. The van der Waals surface area contributed by atoms with E-state index in [0.717, 1.165) is 32.0 Å². The Morgan fingerprint density at radius 3 is 2.50 bits per heavy atom. The zero-order valence-electron chi connectivity index (χ0n) is 9.86. The van der Waals surface area contributed by atoms with Crippen LogP contribution in [0.25, 0.3) is 0 Å². The van der Waals surface area contributed by atoms with Crippen molar-refractivity contribution in [3.63, 3.8) is 0 Å². The number of alkyl halides is 3. The summed E-state index contributed by atoms with van der Waals surface area (Å²) < 4.78 is 38.7. The maximum atomic E-state index is 12.9. The molecule has 1 saturated heterocycles. The van der Waals surface area contributed by atoms with E-state index in [4.69, 9.17) is 11.6 Å². The van der Waals surface area contributed by atoms with Crippen LogP contribution in [0.3, 0.4) is 0 Å². The number of rotatable bonds is 2. The number of nitrogens with one attached hydrogen (secondary N) is 1. The number of halogens is 4. The molecular formula is C13H15ClF3N. The lowest BCUT2D eigenvalue weighted by Gasteiger charge is -2.24. The summed E-state index contributed by atoms with van der Waals surface area (Å²) in [5.74, 6) is 0.327. The van der Waals surface area contributed by atoms with Gasteiger partial charge in [0.1, 0.15) is 0 Å². The summed E-state index contributed by atoms with van der Waals surface area (Å²) in [4.78, 5) is 0. The molecule has 0 saturated carbocycles. The molecule has 1 aliphatic heterocycles. The van der Waals surface area contributed by atoms with Gasteiger partial charge >= 0.3 is 6.18 Å². The zero-order chi connectivity index (χ0) is 13.2. The van der Waals surface area contributed by atoms with E-state index in [1.165, 1.54) is 12.1 Å². The van der Waals surface area contributed by atoms with Crippen molar-refractivity contribution in [1.82, 2.24) is 5.32 Å². The van der Waals surface area contributed by atoms with E-state index in [-0.39, 0.29) is 5.02 Å². The van der Waals surface area contributed by atoms with Crippen LogP contribution in [0, 0.1) is 5.92 Å². The van der Waals surface area contributed by atoms with E-state index in [1.807, 2.05) is 0 Å². The molecule has 2 rings (SSSR count). The van der Waals surface area contributed by atoms with E-state index >= 15 is 0 Å². The number of hydrogen-bond donors (Lipinski definition) is 1. The second-order valence-electron chi connectivity index (χ2n) is 4.70. The maximum absolute atomic E-state index is 12.9. The van der Waals surface area contributed by atoms with Crippen molar-refractivity contribution < 1.29 is 13.2 Å². The summed E-state index contributed by atoms with van der Waals surface area (Å²) >= 11 is 5.66. The molecule has 0 aromatic heterocycles. The lowest BCUT2D eigenvalue weighted by Crippen LogP contribution is -2.29. The van der Waals surface area contributed by atoms with Crippen LogP contribution in [0.2, 0.25) is 5.02 Å². The Morgan fingerprint density at radius 2 is 1.89 bits per heavy atom. The van der Waals surface area contributed by atoms with Gasteiger partial charge in [-0.25, -0.2) is 0 Å². The summed E-state index contributed by atoms with van der Waals surface area (Å²) in [6.45, 7) is 1.78. The third kappa shape index (κ3) is 3.39. The van der Waals surface area contributed by atoms with Gasteiger partial charge in [0.15, 0.2) is 0 Å². The molecule has 0 radical (unpaired) electrons. The minimum Gasteiger partial charge on any atom is -0.317 e. The van der Waals surface area contributed by atoms with Crippen molar-refractivity contribution >= 4 is 11.6 Å². The number of piperidine rings is 1. The topological polar surface area (TPSA) is 12.0 Å². The fraction of sp³-hybridized carbons (Fsp3) is 0.538. The fourth-order valence-electron chi connectivity index (χ4n) is 2.39. The SMILES string of the molecule is FC(F)(F)c1cc(Cl)ccc1CC1CCNCC1. The molecule has 0 spiro atoms. The Hall–Kier alpha value is -0.740. The first kappa shape index (κ1) is 13.7. The van der Waals surface area contributed by atoms with Gasteiger partial charge in [-0.3, -0.25) is 0 Å². The average Bonchev–Trinajstić information content (AvgIpc) is 2.31. The molecule has 1 aliphatic rings. The predicted octanol–water partition coefficient (Wildman–Crippen LogP) is 3.90. The predicted molar refractivity (Wildman–Crippen MR) is 65.8 cm³/mol. The number of benzene rings is 1. The minimum atomic E-state index is -4.33. The van der Waals surface area contributed by atoms with Gasteiger partial charge in [-0.15, -0.1) is 0 Å². The summed E-state index contributed by atoms with van der Waals surface area (Å²) in [6.07, 6.45) is -1.99. The standard InChI is InChI=1S/C13H15ClF3N/c14-11-2-1-10(12(8-11)13(15,16)17)7-9-3-5-18-6-4-9/h1-2,8-9,18H,3-7H2. The summed E-state index contributed by atoms with van der Waals surface area (Å²) in [5.41, 5.74) is -0.229. The van der Waals surface area contributed by atoms with Crippen LogP contribution in [0.15, 0.2) is 18.2 Å². The second-order valence-corrected chi connectivity index (χ2v) is 5.13. The van der Waals surface area contributed by atoms with Crippen molar-refractivity contribution in [3.05, 3.63) is 34.3 Å². The molecule has 5 heteroatoms. The summed E-state index contributed by atoms with van der Waals surface area (Å²) in [7, 11) is 0. The van der Waals surface area contributed by atoms with Crippen LogP contribution in [-0.2, 0) is 12.6 Å². The van der Waals surface area contributed by atoms with Gasteiger partial charge < -0.3 is 5.32 Å². The molecule has 18 heavy (non-hydrogen) atoms. The highest BCUT2D eigenvalue weighted by Crippen LogP contribution is 2.35. The Labute approximate surface area is 109 Å². The van der Waals surface area contributed by atoms with Gasteiger partial charge in [0, 0.05) is 5.02 Å². The third-order valence-electron chi connectivity index (χ3n) is 3.34. The smallest absolute Gasteiger partial charge is 0.317 e. The van der Waals surface area contributed by atoms with Crippen molar-refractivity contribution in [2.75, 3.05) is 13.1 Å². The van der Waals surface area contributed by atoms with Gasteiger partial charge in [-0.05, 0) is 56.0 Å². The molecule has 1 heterocycles. The Morgan fingerprint density at radius 1 is 1.22 bits per heavy atom. The largest absolute Gasteiger partial charge is 0.416 e. The van der Waals surface area contributed by atoms with Crippen molar-refractivity contribution in [3.8, 4) is 0 Å². The lowest BCUT2D eigenvalue weighted by molar-refractivity contribution is -0.138. The van der Waals surface area contributed by atoms with Crippen molar-refractivity contribution in [2.45, 2.75) is 25.4 Å². The molecular weight excluding hydrogens is 263 g/mol. The van der Waals surface area contributed by atoms with E-state index < -0.39 is 11.7 Å². The van der Waals surface area contributed by atoms with E-state index in [0.29, 0.717) is 17.9 Å². The van der Waals surface area contributed by atoms with Crippen molar-refractivity contribution in [2.24, 2.45) is 5.92 Å². The summed E-state index contributed by atoms with van der Waals surface area (Å²) in [6, 6.07) is 4.07. The normalized spacial score (nSPS) is 18.0. The molecule has 0 bridgehead atoms. The molecule has 1 N–H and O–H groups in total. The van der Waals surface area contributed by atoms with E-state index in [1.54, 1.807) is 0 Å². The van der Waals surface area contributed by atoms with Crippen LogP contribution >= 0.6 is 11.6 Å². The monoisotopic (exact) mass is 277 g/mol. The summed E-state index contributed by atoms with van der Waals surface area (Å²) in [5, 5.41) is 3.35. The molecule has 0 atom stereocenters. The highest BCUT2D eigenvalue weighted by molar-refractivity contribution is 6.30. The third-order valence-corrected chi connectivity index (χ3v) is 3.58. The van der Waals surface area contributed by atoms with Crippen LogP contribution in [-0.4, -0.2) is 13.1 Å². The van der Waals surface area contributed by atoms with Gasteiger partial charge in [-0.2, -0.15) is 13.2 Å². The van der Waals surface area contributed by atoms with Crippen LogP contribution in [0.1, 0.15) is 24.0 Å². The fourth-order valence-corrected chi connectivity index (χ4v) is 2.56. The van der Waals surface area contributed by atoms with E-state index in [9.17, 15) is 13.2 Å². The van der Waals surface area contributed by atoms with Crippen LogP contribution < -0.4 is 5.32 Å². The first-order valence-electron chi connectivity index (χ1n) is 6.03. The molecule has 1 fully saturated rings. The number of hydrogen-bond acceptors (Lipinski definition) is 1. The molecule has 1 aromatic rings. The Bertz CT molecular complexity index is 411. The Balaban J connectivity index is 2.21. The highest BCUT2D eigenvalue weighted by atomic mass is 35.5. The Kier molecular flexibility index (Phi) is 4.17. The van der Waals surface area contributed by atoms with Crippen LogP contribution in [0.5, 0.6) is 0 Å². The van der Waals surface area contributed by atoms with Gasteiger partial charge in [0.25, 0.3) is 0 Å². The molecule has 0 amide bonds.